The molecule has 0 spiro atoms. The average molecular weight is 572 g/mol. The number of carbonyl (C=O) groups is 3. The van der Waals surface area contributed by atoms with Crippen molar-refractivity contribution in [2.75, 3.05) is 37.1 Å². The van der Waals surface area contributed by atoms with Gasteiger partial charge in [-0.25, -0.2) is 0 Å². The topological polar surface area (TPSA) is 78.9 Å². The first-order valence-electron chi connectivity index (χ1n) is 8.61. The van der Waals surface area contributed by atoms with Crippen LogP contribution in [0.3, 0.4) is 0 Å². The van der Waals surface area contributed by atoms with E-state index in [9.17, 15) is 14.4 Å². The molecule has 0 rings (SSSR count). The fourth-order valence-corrected chi connectivity index (χ4v) is 2.05. The van der Waals surface area contributed by atoms with Crippen molar-refractivity contribution < 1.29 is 28.6 Å². The van der Waals surface area contributed by atoms with Crippen LogP contribution in [0.15, 0.2) is 38.0 Å². The Balaban J connectivity index is -0.000000146. The minimum absolute atomic E-state index is 0.133. The second kappa shape index (κ2) is 34.9. The Kier molecular flexibility index (Phi) is 43.2. The molecule has 0 aromatic heterocycles. The van der Waals surface area contributed by atoms with E-state index in [4.69, 9.17) is 0 Å². The monoisotopic (exact) mass is 573 g/mol. The molecule has 0 saturated carbocycles. The number of hydrogen-bond donors (Lipinski definition) is 3. The third-order valence-corrected chi connectivity index (χ3v) is 3.79. The van der Waals surface area contributed by atoms with Crippen molar-refractivity contribution in [3.05, 3.63) is 38.0 Å². The summed E-state index contributed by atoms with van der Waals surface area (Å²) in [6, 6.07) is 0. The number of esters is 3. The molecular weight excluding hydrogens is 539 g/mol. The van der Waals surface area contributed by atoms with E-state index in [1.165, 1.54) is 35.5 Å². The molecular formula is C19H33O6S3Sn. The summed E-state index contributed by atoms with van der Waals surface area (Å²) in [6.07, 6.45) is 7.34. The van der Waals surface area contributed by atoms with Gasteiger partial charge in [-0.15, -0.1) is 0 Å². The Morgan fingerprint density at radius 2 is 1.03 bits per heavy atom. The van der Waals surface area contributed by atoms with Crippen molar-refractivity contribution in [1.29, 1.82) is 0 Å². The number of hydrogen-bond acceptors (Lipinski definition) is 9. The molecule has 3 radical (unpaired) electrons. The van der Waals surface area contributed by atoms with Gasteiger partial charge in [-0.3, -0.25) is 14.4 Å². The molecule has 167 valence electrons. The Labute approximate surface area is 205 Å². The molecule has 0 heterocycles. The van der Waals surface area contributed by atoms with Crippen LogP contribution in [-0.2, 0) is 28.6 Å². The van der Waals surface area contributed by atoms with E-state index in [0.717, 1.165) is 0 Å². The van der Waals surface area contributed by atoms with Gasteiger partial charge < -0.3 is 14.2 Å². The van der Waals surface area contributed by atoms with Gasteiger partial charge in [0.15, 0.2) is 0 Å². The van der Waals surface area contributed by atoms with Crippen molar-refractivity contribution >= 4 is 78.3 Å². The second-order valence-electron chi connectivity index (χ2n) is 4.49. The zero-order valence-corrected chi connectivity index (χ0v) is 22.5. The number of unbranched alkanes of at least 4 members (excludes halogenated alkanes) is 1. The van der Waals surface area contributed by atoms with Crippen LogP contribution >= 0.6 is 37.9 Å². The quantitative estimate of drug-likeness (QED) is 0.116. The van der Waals surface area contributed by atoms with E-state index in [1.54, 1.807) is 22.5 Å². The molecule has 0 atom stereocenters. The molecule has 29 heavy (non-hydrogen) atoms. The summed E-state index contributed by atoms with van der Waals surface area (Å²) < 4.78 is 15.0. The molecule has 0 aromatic rings. The Morgan fingerprint density at radius 3 is 1.14 bits per heavy atom. The van der Waals surface area contributed by atoms with Crippen LogP contribution < -0.4 is 0 Å². The van der Waals surface area contributed by atoms with Crippen LogP contribution in [0.4, 0.5) is 0 Å². The van der Waals surface area contributed by atoms with Gasteiger partial charge in [0.05, 0.1) is 17.3 Å². The van der Waals surface area contributed by atoms with E-state index in [1.807, 2.05) is 0 Å². The summed E-state index contributed by atoms with van der Waals surface area (Å²) in [7, 11) is 0. The predicted octanol–water partition coefficient (Wildman–Crippen LogP) is 3.31. The van der Waals surface area contributed by atoms with Gasteiger partial charge in [-0.05, 0) is 0 Å². The Bertz CT molecular complexity index is 375. The van der Waals surface area contributed by atoms with E-state index < -0.39 is 0 Å². The predicted molar refractivity (Wildman–Crippen MR) is 130 cm³/mol. The van der Waals surface area contributed by atoms with Crippen molar-refractivity contribution in [3.63, 3.8) is 0 Å². The van der Waals surface area contributed by atoms with E-state index in [0.29, 0.717) is 0 Å². The zero-order chi connectivity index (χ0) is 23.3. The van der Waals surface area contributed by atoms with Crippen LogP contribution in [0.2, 0.25) is 4.44 Å². The van der Waals surface area contributed by atoms with Gasteiger partial charge in [-0.1, -0.05) is 38.0 Å². The normalized spacial score (nSPS) is 8.17. The molecule has 0 N–H and O–H groups in total. The summed E-state index contributed by atoms with van der Waals surface area (Å²) in [5.74, 6) is -0.537. The molecule has 0 aromatic carbocycles. The third-order valence-electron chi connectivity index (χ3n) is 2.00. The minimum atomic E-state index is -0.312. The first-order chi connectivity index (χ1) is 13.8. The van der Waals surface area contributed by atoms with Crippen molar-refractivity contribution in [3.8, 4) is 0 Å². The summed E-state index contributed by atoms with van der Waals surface area (Å²) in [5.41, 5.74) is 0. The Hall–Kier alpha value is -0.521. The van der Waals surface area contributed by atoms with Crippen molar-refractivity contribution in [2.24, 2.45) is 0 Å². The second-order valence-corrected chi connectivity index (χ2v) is 6.87. The van der Waals surface area contributed by atoms with Crippen molar-refractivity contribution in [1.82, 2.24) is 0 Å². The first-order valence-corrected chi connectivity index (χ1v) is 12.5. The fourth-order valence-electron chi connectivity index (χ4n) is 0.769. The molecule has 0 amide bonds. The molecule has 0 unspecified atom stereocenters. The number of rotatable bonds is 11. The van der Waals surface area contributed by atoms with Crippen molar-refractivity contribution in [2.45, 2.75) is 24.2 Å². The third kappa shape index (κ3) is 47.0. The summed E-state index contributed by atoms with van der Waals surface area (Å²) >= 11 is 12.7. The van der Waals surface area contributed by atoms with E-state index in [2.05, 4.69) is 78.8 Å². The summed E-state index contributed by atoms with van der Waals surface area (Å²) in [5, 5.41) is 0. The SMILES string of the molecule is C=CCOC(=O)CS.C=CCOC(=O)CS.C=CCOC(=O)CS.CCC[CH2][Sn]. The molecule has 10 heteroatoms. The fraction of sp³-hybridized carbons (Fsp3) is 0.526. The maximum absolute atomic E-state index is 10.2. The molecule has 0 fully saturated rings. The van der Waals surface area contributed by atoms with E-state index in [-0.39, 0.29) is 55.0 Å². The van der Waals surface area contributed by atoms with Gasteiger partial charge in [-0.2, -0.15) is 37.9 Å². The molecule has 6 nitrogen and oxygen atoms in total. The maximum atomic E-state index is 10.2. The molecule has 0 saturated heterocycles. The van der Waals surface area contributed by atoms with Gasteiger partial charge in [0.1, 0.15) is 19.8 Å². The van der Waals surface area contributed by atoms with Gasteiger partial charge in [0, 0.05) is 0 Å². The van der Waals surface area contributed by atoms with E-state index >= 15 is 0 Å². The number of ether oxygens (including phenoxy) is 3. The number of carbonyl (C=O) groups excluding carboxylic acids is 3. The number of thiol groups is 3. The molecule has 0 aliphatic heterocycles. The standard InChI is InChI=1S/3C5H8O2S.C4H9.Sn/c3*1-2-3-7-5(6)4-8;1-3-4-2;/h3*2,8H,1,3-4H2;1,3-4H2,2H3;. The van der Waals surface area contributed by atoms with Crippen LogP contribution in [0.5, 0.6) is 0 Å². The molecule has 0 aliphatic carbocycles. The molecule has 0 aliphatic rings. The summed E-state index contributed by atoms with van der Waals surface area (Å²) in [6.45, 7) is 13.2. The average Bonchev–Trinajstić information content (AvgIpc) is 2.75. The molecule has 0 bridgehead atoms. The first kappa shape index (κ1) is 35.9. The zero-order valence-electron chi connectivity index (χ0n) is 17.0. The summed E-state index contributed by atoms with van der Waals surface area (Å²) in [4.78, 5) is 30.7. The van der Waals surface area contributed by atoms with Crippen LogP contribution in [0.25, 0.3) is 0 Å². The van der Waals surface area contributed by atoms with Gasteiger partial charge in [0.25, 0.3) is 0 Å². The van der Waals surface area contributed by atoms with Crippen LogP contribution in [0.1, 0.15) is 19.8 Å². The Morgan fingerprint density at radius 1 is 0.759 bits per heavy atom. The van der Waals surface area contributed by atoms with Gasteiger partial charge in [0.2, 0.25) is 0 Å². The van der Waals surface area contributed by atoms with Crippen LogP contribution in [0, 0.1) is 0 Å². The van der Waals surface area contributed by atoms with Crippen LogP contribution in [-0.4, -0.2) is 77.5 Å². The van der Waals surface area contributed by atoms with Gasteiger partial charge >= 0.3 is 64.6 Å².